The standard InChI is InChI=1S/C2H3N5O5S/c3-1-6(13(10,11)12)2(4)5-7(8)9/h(H2,4,5)(H,10,11,12). The Balaban J connectivity index is 5.07. The van der Waals surface area contributed by atoms with Gasteiger partial charge in [-0.25, -0.2) is 10.1 Å². The van der Waals surface area contributed by atoms with Crippen molar-refractivity contribution in [2.24, 2.45) is 10.8 Å². The first-order valence-corrected chi connectivity index (χ1v) is 3.84. The van der Waals surface area contributed by atoms with E-state index in [9.17, 15) is 18.5 Å². The first-order valence-electron chi connectivity index (χ1n) is 2.45. The fourth-order valence-electron chi connectivity index (χ4n) is 0.345. The number of hydrogen-bond donors (Lipinski definition) is 2. The summed E-state index contributed by atoms with van der Waals surface area (Å²) in [6, 6.07) is 0. The third-order valence-corrected chi connectivity index (χ3v) is 1.44. The van der Waals surface area contributed by atoms with Crippen molar-refractivity contribution in [3.8, 4) is 6.19 Å². The zero-order chi connectivity index (χ0) is 10.6. The number of hydrogen-bond acceptors (Lipinski definition) is 5. The molecule has 0 aromatic heterocycles. The minimum Gasteiger partial charge on any atom is -0.363 e. The maximum Gasteiger partial charge on any atom is 0.375 e. The number of rotatable bonds is 2. The van der Waals surface area contributed by atoms with Crippen molar-refractivity contribution in [1.82, 2.24) is 4.31 Å². The smallest absolute Gasteiger partial charge is 0.363 e. The maximum atomic E-state index is 10.3. The molecule has 0 saturated heterocycles. The summed E-state index contributed by atoms with van der Waals surface area (Å²) < 4.78 is 28.3. The van der Waals surface area contributed by atoms with Crippen LogP contribution in [0, 0.1) is 21.6 Å². The van der Waals surface area contributed by atoms with Crippen LogP contribution >= 0.6 is 0 Å². The predicted octanol–water partition coefficient (Wildman–Crippen LogP) is -1.92. The molecule has 0 amide bonds. The van der Waals surface area contributed by atoms with Gasteiger partial charge in [0.25, 0.3) is 5.96 Å². The van der Waals surface area contributed by atoms with Crippen LogP contribution in [0.25, 0.3) is 0 Å². The van der Waals surface area contributed by atoms with Crippen molar-refractivity contribution in [2.45, 2.75) is 0 Å². The Bertz CT molecular complexity index is 376. The van der Waals surface area contributed by atoms with Crippen molar-refractivity contribution in [3.05, 3.63) is 10.1 Å². The molecular weight excluding hydrogens is 206 g/mol. The first-order chi connectivity index (χ1) is 5.79. The first kappa shape index (κ1) is 11.1. The highest BCUT2D eigenvalue weighted by molar-refractivity contribution is 7.84. The Morgan fingerprint density at radius 1 is 1.77 bits per heavy atom. The predicted molar refractivity (Wildman–Crippen MR) is 37.6 cm³/mol. The molecule has 0 aliphatic heterocycles. The van der Waals surface area contributed by atoms with E-state index in [2.05, 4.69) is 10.8 Å². The van der Waals surface area contributed by atoms with E-state index < -0.39 is 25.6 Å². The lowest BCUT2D eigenvalue weighted by atomic mass is 11.0. The number of nitro groups is 1. The van der Waals surface area contributed by atoms with Gasteiger partial charge in [0.15, 0.2) is 5.03 Å². The largest absolute Gasteiger partial charge is 0.375 e. The summed E-state index contributed by atoms with van der Waals surface area (Å²) in [7, 11) is -4.95. The van der Waals surface area contributed by atoms with E-state index in [0.717, 1.165) is 6.19 Å². The molecule has 0 unspecified atom stereocenters. The molecule has 10 nitrogen and oxygen atoms in total. The monoisotopic (exact) mass is 209 g/mol. The van der Waals surface area contributed by atoms with Crippen LogP contribution in [0.15, 0.2) is 5.10 Å². The van der Waals surface area contributed by atoms with E-state index in [1.165, 1.54) is 0 Å². The molecule has 0 aromatic carbocycles. The van der Waals surface area contributed by atoms with Gasteiger partial charge in [0.2, 0.25) is 6.19 Å². The minimum absolute atomic E-state index is 0.504. The molecule has 0 aliphatic carbocycles. The lowest BCUT2D eigenvalue weighted by Gasteiger charge is -2.05. The van der Waals surface area contributed by atoms with Crippen molar-refractivity contribution >= 4 is 16.3 Å². The minimum atomic E-state index is -4.95. The number of nitrogens with two attached hydrogens (primary N) is 1. The molecule has 0 atom stereocenters. The van der Waals surface area contributed by atoms with Gasteiger partial charge in [-0.05, 0) is 0 Å². The van der Waals surface area contributed by atoms with Crippen molar-refractivity contribution in [1.29, 1.82) is 5.26 Å². The lowest BCUT2D eigenvalue weighted by molar-refractivity contribution is -0.485. The van der Waals surface area contributed by atoms with Gasteiger partial charge in [0.05, 0.1) is 0 Å². The summed E-state index contributed by atoms with van der Waals surface area (Å²) in [6.07, 6.45) is 0.882. The fraction of sp³-hybridized carbons (Fsp3) is 0. The van der Waals surface area contributed by atoms with Gasteiger partial charge in [-0.1, -0.05) is 0 Å². The number of nitrogens with zero attached hydrogens (tertiary/aromatic N) is 4. The molecule has 0 aliphatic rings. The van der Waals surface area contributed by atoms with Crippen LogP contribution in [0.2, 0.25) is 0 Å². The van der Waals surface area contributed by atoms with Gasteiger partial charge in [-0.3, -0.25) is 4.55 Å². The van der Waals surface area contributed by atoms with Gasteiger partial charge >= 0.3 is 10.3 Å². The summed E-state index contributed by atoms with van der Waals surface area (Å²) in [4.78, 5) is 9.68. The van der Waals surface area contributed by atoms with E-state index in [-0.39, 0.29) is 0 Å². The molecule has 0 radical (unpaired) electrons. The summed E-state index contributed by atoms with van der Waals surface area (Å²) in [5, 5.41) is 18.8. The van der Waals surface area contributed by atoms with Crippen molar-refractivity contribution in [2.75, 3.05) is 0 Å². The van der Waals surface area contributed by atoms with Crippen LogP contribution in [0.1, 0.15) is 0 Å². The van der Waals surface area contributed by atoms with Gasteiger partial charge in [-0.2, -0.15) is 13.7 Å². The molecule has 0 spiro atoms. The molecule has 0 fully saturated rings. The van der Waals surface area contributed by atoms with E-state index in [1.807, 2.05) is 0 Å². The Labute approximate surface area is 71.9 Å². The SMILES string of the molecule is N#CN(C(N)=N[N+](=O)[O-])S(=O)(=O)O. The third-order valence-electron chi connectivity index (χ3n) is 0.714. The Morgan fingerprint density at radius 2 is 2.23 bits per heavy atom. The second kappa shape index (κ2) is 3.65. The Morgan fingerprint density at radius 3 is 2.46 bits per heavy atom. The zero-order valence-corrected chi connectivity index (χ0v) is 6.67. The highest BCUT2D eigenvalue weighted by atomic mass is 32.2. The quantitative estimate of drug-likeness (QED) is 0.102. The molecule has 0 heterocycles. The number of hydrazone groups is 1. The fourth-order valence-corrected chi connectivity index (χ4v) is 0.721. The van der Waals surface area contributed by atoms with Gasteiger partial charge in [0, 0.05) is 0 Å². The molecule has 3 N–H and O–H groups in total. The summed E-state index contributed by atoms with van der Waals surface area (Å²) in [5.41, 5.74) is 4.69. The van der Waals surface area contributed by atoms with Crippen molar-refractivity contribution in [3.63, 3.8) is 0 Å². The highest BCUT2D eigenvalue weighted by Gasteiger charge is 2.23. The van der Waals surface area contributed by atoms with E-state index in [1.54, 1.807) is 0 Å². The van der Waals surface area contributed by atoms with Crippen LogP contribution < -0.4 is 5.73 Å². The molecular formula is C2H3N5O5S. The second-order valence-corrected chi connectivity index (χ2v) is 2.80. The van der Waals surface area contributed by atoms with Gasteiger partial charge < -0.3 is 5.73 Å². The molecule has 0 aromatic rings. The Kier molecular flexibility index (Phi) is 3.11. The van der Waals surface area contributed by atoms with Crippen molar-refractivity contribution < 1.29 is 18.0 Å². The van der Waals surface area contributed by atoms with E-state index >= 15 is 0 Å². The van der Waals surface area contributed by atoms with Crippen LogP contribution in [0.3, 0.4) is 0 Å². The molecule has 13 heavy (non-hydrogen) atoms. The average Bonchev–Trinajstić information content (AvgIpc) is 1.82. The lowest BCUT2D eigenvalue weighted by Crippen LogP contribution is -2.38. The van der Waals surface area contributed by atoms with Gasteiger partial charge in [0.1, 0.15) is 5.10 Å². The average molecular weight is 209 g/mol. The third kappa shape index (κ3) is 3.31. The normalized spacial score (nSPS) is 11.8. The molecule has 72 valence electrons. The second-order valence-electron chi connectivity index (χ2n) is 1.54. The molecule has 11 heteroatoms. The zero-order valence-electron chi connectivity index (χ0n) is 5.85. The molecule has 0 bridgehead atoms. The van der Waals surface area contributed by atoms with E-state index in [0.29, 0.717) is 0 Å². The van der Waals surface area contributed by atoms with Crippen LogP contribution in [-0.2, 0) is 10.3 Å². The summed E-state index contributed by atoms with van der Waals surface area (Å²) in [5.74, 6) is -1.25. The number of guanidine groups is 1. The van der Waals surface area contributed by atoms with Crippen LogP contribution in [0.4, 0.5) is 0 Å². The molecule has 0 saturated carbocycles. The topological polar surface area (TPSA) is 163 Å². The highest BCUT2D eigenvalue weighted by Crippen LogP contribution is 1.93. The summed E-state index contributed by atoms with van der Waals surface area (Å²) >= 11 is 0. The maximum absolute atomic E-state index is 10.3. The molecule has 0 rings (SSSR count). The summed E-state index contributed by atoms with van der Waals surface area (Å²) in [6.45, 7) is 0. The van der Waals surface area contributed by atoms with E-state index in [4.69, 9.17) is 9.81 Å². The van der Waals surface area contributed by atoms with Gasteiger partial charge in [-0.15, -0.1) is 4.31 Å². The van der Waals surface area contributed by atoms with Crippen LogP contribution in [-0.4, -0.2) is 28.3 Å². The Hall–Kier alpha value is -1.93. The number of nitriles is 1. The van der Waals surface area contributed by atoms with Crippen LogP contribution in [0.5, 0.6) is 0 Å².